The molecule has 0 spiro atoms. The van der Waals surface area contributed by atoms with Gasteiger partial charge in [-0.1, -0.05) is 18.2 Å². The average molecular weight is 263 g/mol. The number of benzene rings is 1. The monoisotopic (exact) mass is 263 g/mol. The highest BCUT2D eigenvalue weighted by Crippen LogP contribution is 2.43. The fourth-order valence-corrected chi connectivity index (χ4v) is 4.32. The molecule has 0 fully saturated rings. The Balaban J connectivity index is 1.90. The second kappa shape index (κ2) is 4.76. The van der Waals surface area contributed by atoms with E-state index in [0.29, 0.717) is 12.5 Å². The van der Waals surface area contributed by atoms with E-state index in [0.717, 1.165) is 22.2 Å². The highest BCUT2D eigenvalue weighted by Gasteiger charge is 2.27. The van der Waals surface area contributed by atoms with Gasteiger partial charge in [0, 0.05) is 23.0 Å². The van der Waals surface area contributed by atoms with E-state index < -0.39 is 0 Å². The zero-order valence-electron chi connectivity index (χ0n) is 9.30. The van der Waals surface area contributed by atoms with Gasteiger partial charge in [0.1, 0.15) is 10.0 Å². The van der Waals surface area contributed by atoms with Gasteiger partial charge in [0.05, 0.1) is 0 Å². The number of fused-ring (bicyclic) bond motifs is 1. The minimum Gasteiger partial charge on any atom is -0.330 e. The third kappa shape index (κ3) is 2.10. The Morgan fingerprint density at radius 3 is 3.06 bits per heavy atom. The van der Waals surface area contributed by atoms with E-state index in [1.807, 2.05) is 11.8 Å². The molecule has 1 aliphatic rings. The highest BCUT2D eigenvalue weighted by molar-refractivity contribution is 7.99. The maximum atomic E-state index is 5.53. The van der Waals surface area contributed by atoms with Crippen LogP contribution in [0.5, 0.6) is 0 Å². The first-order valence-corrected chi connectivity index (χ1v) is 7.43. The second-order valence-electron chi connectivity index (χ2n) is 3.97. The number of nitrogens with zero attached hydrogens (tertiary/aromatic N) is 2. The number of thioether (sulfide) groups is 1. The van der Waals surface area contributed by atoms with Crippen LogP contribution in [0.4, 0.5) is 0 Å². The Kier molecular flexibility index (Phi) is 3.13. The Bertz CT molecular complexity index is 524. The standard InChI is InChI=1S/C12H13N3S2/c13-6-5-11-14-15-12(17-11)9-7-16-10-4-2-1-3-8(9)10/h1-4,9H,5-7,13H2. The number of hydrogen-bond donors (Lipinski definition) is 1. The largest absolute Gasteiger partial charge is 0.330 e. The van der Waals surface area contributed by atoms with Gasteiger partial charge >= 0.3 is 0 Å². The molecule has 1 aliphatic heterocycles. The van der Waals surface area contributed by atoms with Crippen LogP contribution in [0.3, 0.4) is 0 Å². The van der Waals surface area contributed by atoms with Crippen molar-refractivity contribution in [3.63, 3.8) is 0 Å². The first-order valence-electron chi connectivity index (χ1n) is 5.62. The summed E-state index contributed by atoms with van der Waals surface area (Å²) in [6.07, 6.45) is 0.833. The van der Waals surface area contributed by atoms with Crippen molar-refractivity contribution in [2.24, 2.45) is 5.73 Å². The van der Waals surface area contributed by atoms with Crippen molar-refractivity contribution in [3.8, 4) is 0 Å². The highest BCUT2D eigenvalue weighted by atomic mass is 32.2. The lowest BCUT2D eigenvalue weighted by Gasteiger charge is -2.05. The van der Waals surface area contributed by atoms with Crippen molar-refractivity contribution in [1.82, 2.24) is 10.2 Å². The second-order valence-corrected chi connectivity index (χ2v) is 6.13. The Morgan fingerprint density at radius 1 is 1.29 bits per heavy atom. The van der Waals surface area contributed by atoms with Crippen LogP contribution in [0.25, 0.3) is 0 Å². The van der Waals surface area contributed by atoms with Crippen LogP contribution in [0.2, 0.25) is 0 Å². The van der Waals surface area contributed by atoms with E-state index in [-0.39, 0.29) is 0 Å². The normalized spacial score (nSPS) is 18.3. The van der Waals surface area contributed by atoms with Crippen molar-refractivity contribution < 1.29 is 0 Å². The quantitative estimate of drug-likeness (QED) is 0.923. The average Bonchev–Trinajstić information content (AvgIpc) is 2.95. The summed E-state index contributed by atoms with van der Waals surface area (Å²) < 4.78 is 0. The SMILES string of the molecule is NCCc1nnc(C2CSc3ccccc32)s1. The molecule has 1 atom stereocenters. The van der Waals surface area contributed by atoms with Gasteiger partial charge in [0.25, 0.3) is 0 Å². The molecule has 88 valence electrons. The zero-order valence-corrected chi connectivity index (χ0v) is 10.9. The molecule has 1 unspecified atom stereocenters. The molecule has 1 aromatic carbocycles. The van der Waals surface area contributed by atoms with E-state index in [1.165, 1.54) is 10.5 Å². The summed E-state index contributed by atoms with van der Waals surface area (Å²) in [4.78, 5) is 1.38. The number of nitrogens with two attached hydrogens (primary N) is 1. The van der Waals surface area contributed by atoms with E-state index >= 15 is 0 Å². The number of aromatic nitrogens is 2. The molecule has 0 aliphatic carbocycles. The lowest BCUT2D eigenvalue weighted by Crippen LogP contribution is -2.01. The number of rotatable bonds is 3. The fraction of sp³-hybridized carbons (Fsp3) is 0.333. The van der Waals surface area contributed by atoms with Gasteiger partial charge in [-0.3, -0.25) is 0 Å². The third-order valence-corrected chi connectivity index (χ3v) is 5.12. The molecule has 0 amide bonds. The van der Waals surface area contributed by atoms with Crippen molar-refractivity contribution in [2.75, 3.05) is 12.3 Å². The van der Waals surface area contributed by atoms with E-state index in [9.17, 15) is 0 Å². The number of hydrogen-bond acceptors (Lipinski definition) is 5. The molecule has 3 rings (SSSR count). The molecule has 1 aromatic heterocycles. The Labute approximate surface area is 108 Å². The lowest BCUT2D eigenvalue weighted by atomic mass is 10.0. The van der Waals surface area contributed by atoms with E-state index in [1.54, 1.807) is 11.3 Å². The summed E-state index contributed by atoms with van der Waals surface area (Å²) >= 11 is 3.61. The van der Waals surface area contributed by atoms with Crippen LogP contribution < -0.4 is 5.73 Å². The molecule has 0 bridgehead atoms. The predicted octanol–water partition coefficient (Wildman–Crippen LogP) is 2.28. The third-order valence-electron chi connectivity index (χ3n) is 2.84. The van der Waals surface area contributed by atoms with Crippen molar-refractivity contribution >= 4 is 23.1 Å². The maximum Gasteiger partial charge on any atom is 0.125 e. The predicted molar refractivity (Wildman–Crippen MR) is 71.7 cm³/mol. The Morgan fingerprint density at radius 2 is 2.18 bits per heavy atom. The van der Waals surface area contributed by atoms with Gasteiger partial charge in [-0.25, -0.2) is 0 Å². The van der Waals surface area contributed by atoms with Crippen LogP contribution in [0.15, 0.2) is 29.2 Å². The molecule has 0 saturated heterocycles. The van der Waals surface area contributed by atoms with Gasteiger partial charge in [-0.15, -0.1) is 33.3 Å². The summed E-state index contributed by atoms with van der Waals surface area (Å²) in [6, 6.07) is 8.57. The van der Waals surface area contributed by atoms with Crippen LogP contribution in [-0.4, -0.2) is 22.5 Å². The molecular weight excluding hydrogens is 250 g/mol. The van der Waals surface area contributed by atoms with Gasteiger partial charge in [0.2, 0.25) is 0 Å². The van der Waals surface area contributed by atoms with Gasteiger partial charge in [-0.05, 0) is 18.2 Å². The maximum absolute atomic E-state index is 5.53. The molecule has 2 aromatic rings. The minimum atomic E-state index is 0.417. The van der Waals surface area contributed by atoms with Gasteiger partial charge in [0.15, 0.2) is 0 Å². The van der Waals surface area contributed by atoms with Crippen LogP contribution in [0, 0.1) is 0 Å². The first kappa shape index (κ1) is 11.2. The molecule has 0 saturated carbocycles. The van der Waals surface area contributed by atoms with Gasteiger partial charge in [-0.2, -0.15) is 0 Å². The lowest BCUT2D eigenvalue weighted by molar-refractivity contribution is 0.854. The molecule has 17 heavy (non-hydrogen) atoms. The first-order chi connectivity index (χ1) is 8.38. The molecule has 2 N–H and O–H groups in total. The summed E-state index contributed by atoms with van der Waals surface area (Å²) in [7, 11) is 0. The smallest absolute Gasteiger partial charge is 0.125 e. The summed E-state index contributed by atoms with van der Waals surface area (Å²) in [5.41, 5.74) is 6.93. The van der Waals surface area contributed by atoms with Gasteiger partial charge < -0.3 is 5.73 Å². The summed E-state index contributed by atoms with van der Waals surface area (Å²) in [5.74, 6) is 1.50. The van der Waals surface area contributed by atoms with E-state index in [2.05, 4.69) is 34.5 Å². The fourth-order valence-electron chi connectivity index (χ4n) is 2.00. The molecule has 3 nitrogen and oxygen atoms in total. The topological polar surface area (TPSA) is 51.8 Å². The molecular formula is C12H13N3S2. The molecule has 5 heteroatoms. The minimum absolute atomic E-state index is 0.417. The van der Waals surface area contributed by atoms with Crippen molar-refractivity contribution in [3.05, 3.63) is 39.8 Å². The van der Waals surface area contributed by atoms with Crippen molar-refractivity contribution in [1.29, 1.82) is 0 Å². The summed E-state index contributed by atoms with van der Waals surface area (Å²) in [5, 5.41) is 10.7. The molecule has 0 radical (unpaired) electrons. The van der Waals surface area contributed by atoms with E-state index in [4.69, 9.17) is 5.73 Å². The zero-order chi connectivity index (χ0) is 11.7. The van der Waals surface area contributed by atoms with Crippen LogP contribution in [-0.2, 0) is 6.42 Å². The molecule has 2 heterocycles. The van der Waals surface area contributed by atoms with Crippen LogP contribution >= 0.6 is 23.1 Å². The Hall–Kier alpha value is -0.910. The van der Waals surface area contributed by atoms with Crippen LogP contribution in [0.1, 0.15) is 21.5 Å². The summed E-state index contributed by atoms with van der Waals surface area (Å²) in [6.45, 7) is 0.643. The van der Waals surface area contributed by atoms with Crippen molar-refractivity contribution in [2.45, 2.75) is 17.2 Å².